The second-order valence-corrected chi connectivity index (χ2v) is 8.50. The van der Waals surface area contributed by atoms with Crippen molar-refractivity contribution in [2.45, 2.75) is 57.0 Å². The highest BCUT2D eigenvalue weighted by Crippen LogP contribution is 2.54. The molecule has 18 heavy (non-hydrogen) atoms. The van der Waals surface area contributed by atoms with Gasteiger partial charge in [0, 0.05) is 5.92 Å². The Kier molecular flexibility index (Phi) is 5.43. The molecule has 1 fully saturated rings. The zero-order valence-corrected chi connectivity index (χ0v) is 12.6. The molecule has 1 rings (SSSR count). The minimum atomic E-state index is -4.62. The third-order valence-electron chi connectivity index (χ3n) is 3.86. The van der Waals surface area contributed by atoms with Crippen LogP contribution in [-0.2, 0) is 9.36 Å². The Morgan fingerprint density at radius 1 is 1.39 bits per heavy atom. The molecule has 106 valence electrons. The molecule has 0 aromatic rings. The summed E-state index contributed by atoms with van der Waals surface area (Å²) in [4.78, 5) is 30.3. The molecule has 1 aliphatic rings. The van der Waals surface area contributed by atoms with E-state index in [9.17, 15) is 9.36 Å². The summed E-state index contributed by atoms with van der Waals surface area (Å²) in [5.41, 5.74) is 0. The standard InChI is InChI=1S/C12H22ClO4P/c1-9(8-10-6-4-3-5-7-10)11(14)12(2,13)18(15,16)17/h9-10H,3-8H2,1-2H3,(H2,15,16,17). The molecule has 0 spiro atoms. The van der Waals surface area contributed by atoms with Gasteiger partial charge in [-0.15, -0.1) is 0 Å². The molecule has 1 aliphatic carbocycles. The summed E-state index contributed by atoms with van der Waals surface area (Å²) in [6, 6.07) is 0. The lowest BCUT2D eigenvalue weighted by atomic mass is 9.82. The highest BCUT2D eigenvalue weighted by Gasteiger charge is 2.49. The molecule has 4 nitrogen and oxygen atoms in total. The minimum absolute atomic E-state index is 0.400. The summed E-state index contributed by atoms with van der Waals surface area (Å²) in [6.45, 7) is 2.84. The SMILES string of the molecule is CC(CC1CCCCC1)C(=O)C(C)(Cl)P(=O)(O)O. The average molecular weight is 297 g/mol. The highest BCUT2D eigenvalue weighted by atomic mass is 35.5. The van der Waals surface area contributed by atoms with Gasteiger partial charge < -0.3 is 9.79 Å². The first-order chi connectivity index (χ1) is 8.16. The molecule has 0 aliphatic heterocycles. The van der Waals surface area contributed by atoms with Crippen LogP contribution in [0, 0.1) is 11.8 Å². The lowest BCUT2D eigenvalue weighted by Crippen LogP contribution is -2.34. The molecule has 2 atom stereocenters. The van der Waals surface area contributed by atoms with E-state index in [0.717, 1.165) is 19.8 Å². The van der Waals surface area contributed by atoms with Crippen molar-refractivity contribution in [3.8, 4) is 0 Å². The molecule has 0 radical (unpaired) electrons. The number of alkyl halides is 1. The van der Waals surface area contributed by atoms with Crippen LogP contribution in [0.5, 0.6) is 0 Å². The molecule has 2 unspecified atom stereocenters. The maximum absolute atomic E-state index is 12.1. The number of hydrogen-bond donors (Lipinski definition) is 2. The summed E-state index contributed by atoms with van der Waals surface area (Å²) in [6.07, 6.45) is 6.50. The Bertz CT molecular complexity index is 344. The van der Waals surface area contributed by atoms with Gasteiger partial charge in [-0.1, -0.05) is 50.6 Å². The van der Waals surface area contributed by atoms with Gasteiger partial charge in [0.05, 0.1) is 0 Å². The Balaban J connectivity index is 2.63. The van der Waals surface area contributed by atoms with Crippen LogP contribution in [0.15, 0.2) is 0 Å². The van der Waals surface area contributed by atoms with Gasteiger partial charge in [0.1, 0.15) is 0 Å². The predicted molar refractivity (Wildman–Crippen MR) is 71.7 cm³/mol. The maximum Gasteiger partial charge on any atom is 0.353 e. The van der Waals surface area contributed by atoms with Gasteiger partial charge in [-0.2, -0.15) is 0 Å². The van der Waals surface area contributed by atoms with Crippen LogP contribution >= 0.6 is 19.2 Å². The van der Waals surface area contributed by atoms with Gasteiger partial charge in [-0.05, 0) is 19.3 Å². The number of carbonyl (C=O) groups excluding carboxylic acids is 1. The molecule has 6 heteroatoms. The van der Waals surface area contributed by atoms with Crippen molar-refractivity contribution in [1.29, 1.82) is 0 Å². The molecule has 0 heterocycles. The Hall–Kier alpha value is 0.110. The van der Waals surface area contributed by atoms with Crippen molar-refractivity contribution >= 4 is 25.0 Å². The first-order valence-corrected chi connectivity index (χ1v) is 8.44. The Morgan fingerprint density at radius 3 is 2.33 bits per heavy atom. The summed E-state index contributed by atoms with van der Waals surface area (Å²) in [5, 5.41) is 0. The van der Waals surface area contributed by atoms with E-state index in [1.54, 1.807) is 6.92 Å². The fourth-order valence-corrected chi connectivity index (χ4v) is 3.32. The fourth-order valence-electron chi connectivity index (χ4n) is 2.62. The average Bonchev–Trinajstić information content (AvgIpc) is 2.27. The zero-order valence-electron chi connectivity index (χ0n) is 10.9. The number of Topliss-reactive ketones (excluding diaryl/α,β-unsaturated/α-hetero) is 1. The Morgan fingerprint density at radius 2 is 1.89 bits per heavy atom. The van der Waals surface area contributed by atoms with Gasteiger partial charge in [-0.25, -0.2) is 0 Å². The number of carbonyl (C=O) groups is 1. The normalized spacial score (nSPS) is 23.4. The van der Waals surface area contributed by atoms with E-state index in [-0.39, 0.29) is 0 Å². The second kappa shape index (κ2) is 6.04. The quantitative estimate of drug-likeness (QED) is 0.603. The molecule has 1 saturated carbocycles. The summed E-state index contributed by atoms with van der Waals surface area (Å²) < 4.78 is 9.15. The second-order valence-electron chi connectivity index (χ2n) is 5.50. The first-order valence-electron chi connectivity index (χ1n) is 6.45. The summed E-state index contributed by atoms with van der Waals surface area (Å²) >= 11 is 5.76. The van der Waals surface area contributed by atoms with Crippen molar-refractivity contribution in [3.63, 3.8) is 0 Å². The zero-order chi connectivity index (χ0) is 14.0. The summed E-state index contributed by atoms with van der Waals surface area (Å²) in [7, 11) is -4.62. The third kappa shape index (κ3) is 3.80. The highest BCUT2D eigenvalue weighted by molar-refractivity contribution is 7.57. The third-order valence-corrected chi connectivity index (χ3v) is 6.02. The van der Waals surface area contributed by atoms with Crippen LogP contribution in [-0.4, -0.2) is 20.2 Å². The number of halogens is 1. The largest absolute Gasteiger partial charge is 0.353 e. The molecule has 2 N–H and O–H groups in total. The monoisotopic (exact) mass is 296 g/mol. The van der Waals surface area contributed by atoms with E-state index < -0.39 is 23.9 Å². The van der Waals surface area contributed by atoms with E-state index >= 15 is 0 Å². The predicted octanol–water partition coefficient (Wildman–Crippen LogP) is 3.29. The van der Waals surface area contributed by atoms with Gasteiger partial charge in [0.25, 0.3) is 0 Å². The molecule has 0 bridgehead atoms. The van der Waals surface area contributed by atoms with Crippen molar-refractivity contribution < 1.29 is 19.1 Å². The van der Waals surface area contributed by atoms with E-state index in [4.69, 9.17) is 21.4 Å². The number of rotatable bonds is 5. The van der Waals surface area contributed by atoms with E-state index in [2.05, 4.69) is 0 Å². The molecular formula is C12H22ClO4P. The maximum atomic E-state index is 12.1. The first kappa shape index (κ1) is 16.2. The van der Waals surface area contributed by atoms with E-state index in [1.165, 1.54) is 19.3 Å². The van der Waals surface area contributed by atoms with Gasteiger partial charge in [-0.3, -0.25) is 9.36 Å². The van der Waals surface area contributed by atoms with Crippen LogP contribution in [0.1, 0.15) is 52.4 Å². The lowest BCUT2D eigenvalue weighted by Gasteiger charge is -2.28. The van der Waals surface area contributed by atoms with Crippen LogP contribution in [0.4, 0.5) is 0 Å². The van der Waals surface area contributed by atoms with E-state index in [1.807, 2.05) is 0 Å². The number of hydrogen-bond acceptors (Lipinski definition) is 2. The van der Waals surface area contributed by atoms with Crippen LogP contribution in [0.2, 0.25) is 0 Å². The van der Waals surface area contributed by atoms with Gasteiger partial charge in [0.2, 0.25) is 4.62 Å². The number of ketones is 1. The van der Waals surface area contributed by atoms with Crippen molar-refractivity contribution in [2.75, 3.05) is 0 Å². The van der Waals surface area contributed by atoms with Gasteiger partial charge in [0.15, 0.2) is 5.78 Å². The smallest absolute Gasteiger partial charge is 0.323 e. The van der Waals surface area contributed by atoms with Crippen molar-refractivity contribution in [1.82, 2.24) is 0 Å². The van der Waals surface area contributed by atoms with Crippen LogP contribution < -0.4 is 0 Å². The Labute approximate surface area is 113 Å². The molecule has 0 aromatic carbocycles. The summed E-state index contributed by atoms with van der Waals surface area (Å²) in [5.74, 6) is -0.451. The van der Waals surface area contributed by atoms with Crippen LogP contribution in [0.25, 0.3) is 0 Å². The molecule has 0 amide bonds. The van der Waals surface area contributed by atoms with Crippen molar-refractivity contribution in [2.24, 2.45) is 11.8 Å². The fraction of sp³-hybridized carbons (Fsp3) is 0.917. The molecule has 0 saturated heterocycles. The van der Waals surface area contributed by atoms with Crippen LogP contribution in [0.3, 0.4) is 0 Å². The van der Waals surface area contributed by atoms with Crippen molar-refractivity contribution in [3.05, 3.63) is 0 Å². The van der Waals surface area contributed by atoms with E-state index in [0.29, 0.717) is 12.3 Å². The lowest BCUT2D eigenvalue weighted by molar-refractivity contribution is -0.123. The minimum Gasteiger partial charge on any atom is -0.323 e. The van der Waals surface area contributed by atoms with Gasteiger partial charge >= 0.3 is 7.60 Å². The molecule has 0 aromatic heterocycles. The molecular weight excluding hydrogens is 275 g/mol. The topological polar surface area (TPSA) is 74.6 Å².